The molecule has 2 aromatic rings. The molecule has 120 valence electrons. The normalized spacial score (nSPS) is 22.4. The minimum atomic E-state index is -0.934. The fourth-order valence-corrected chi connectivity index (χ4v) is 2.96. The Bertz CT molecular complexity index is 868. The summed E-state index contributed by atoms with van der Waals surface area (Å²) in [6.45, 7) is 1.92. The Labute approximate surface area is 136 Å². The Morgan fingerprint density at radius 1 is 1.17 bits per heavy atom. The molecule has 1 N–H and O–H groups in total. The first kappa shape index (κ1) is 14.4. The summed E-state index contributed by atoms with van der Waals surface area (Å²) in [5, 5.41) is 3.91. The van der Waals surface area contributed by atoms with Crippen molar-refractivity contribution in [1.29, 1.82) is 0 Å². The summed E-state index contributed by atoms with van der Waals surface area (Å²) < 4.78 is 5.07. The molecular weight excluding hydrogens is 310 g/mol. The SMILES string of the molecule is Cc1ccc(N2C(=O)[C@@H]3C(C(=O)c4ccco4)=NN[C@H]3C2=O)cc1. The summed E-state index contributed by atoms with van der Waals surface area (Å²) in [4.78, 5) is 38.9. The third-order valence-corrected chi connectivity index (χ3v) is 4.19. The van der Waals surface area contributed by atoms with Gasteiger partial charge in [-0.25, -0.2) is 4.90 Å². The van der Waals surface area contributed by atoms with E-state index in [0.29, 0.717) is 5.69 Å². The summed E-state index contributed by atoms with van der Waals surface area (Å²) >= 11 is 0. The van der Waals surface area contributed by atoms with Crippen LogP contribution in [0.4, 0.5) is 5.69 Å². The van der Waals surface area contributed by atoms with Crippen molar-refractivity contribution in [2.45, 2.75) is 13.0 Å². The van der Waals surface area contributed by atoms with Gasteiger partial charge in [0, 0.05) is 0 Å². The van der Waals surface area contributed by atoms with E-state index in [-0.39, 0.29) is 11.5 Å². The van der Waals surface area contributed by atoms with E-state index in [4.69, 9.17) is 4.42 Å². The largest absolute Gasteiger partial charge is 0.461 e. The number of carbonyl (C=O) groups is 3. The molecule has 1 saturated heterocycles. The van der Waals surface area contributed by atoms with Crippen LogP contribution >= 0.6 is 0 Å². The molecule has 1 aromatic carbocycles. The van der Waals surface area contributed by atoms with Crippen molar-refractivity contribution in [2.24, 2.45) is 11.0 Å². The van der Waals surface area contributed by atoms with Crippen LogP contribution in [0.2, 0.25) is 0 Å². The smallest absolute Gasteiger partial charge is 0.259 e. The average Bonchev–Trinajstić information content (AvgIpc) is 3.29. The van der Waals surface area contributed by atoms with Crippen molar-refractivity contribution < 1.29 is 18.8 Å². The van der Waals surface area contributed by atoms with Gasteiger partial charge < -0.3 is 4.42 Å². The number of rotatable bonds is 3. The lowest BCUT2D eigenvalue weighted by Gasteiger charge is -2.15. The van der Waals surface area contributed by atoms with E-state index in [2.05, 4.69) is 10.5 Å². The zero-order valence-corrected chi connectivity index (χ0v) is 12.7. The van der Waals surface area contributed by atoms with Gasteiger partial charge in [-0.05, 0) is 31.2 Å². The van der Waals surface area contributed by atoms with Crippen molar-refractivity contribution >= 4 is 29.0 Å². The summed E-state index contributed by atoms with van der Waals surface area (Å²) in [5.74, 6) is -2.22. The number of fused-ring (bicyclic) bond motifs is 1. The molecule has 1 fully saturated rings. The first-order valence-electron chi connectivity index (χ1n) is 7.43. The number of furan rings is 1. The zero-order chi connectivity index (χ0) is 16.8. The van der Waals surface area contributed by atoms with E-state index < -0.39 is 29.6 Å². The number of Topliss-reactive ketones (excluding diaryl/α,β-unsaturated/α-hetero) is 1. The van der Waals surface area contributed by atoms with E-state index in [1.807, 2.05) is 19.1 Å². The molecule has 0 aliphatic carbocycles. The van der Waals surface area contributed by atoms with Gasteiger partial charge in [-0.3, -0.25) is 19.8 Å². The highest BCUT2D eigenvalue weighted by atomic mass is 16.3. The number of ketones is 1. The molecule has 4 rings (SSSR count). The topological polar surface area (TPSA) is 92.0 Å². The first-order valence-corrected chi connectivity index (χ1v) is 7.43. The molecule has 0 saturated carbocycles. The first-order chi connectivity index (χ1) is 11.6. The lowest BCUT2D eigenvalue weighted by molar-refractivity contribution is -0.122. The second-order valence-electron chi connectivity index (χ2n) is 5.74. The number of hydrogen-bond donors (Lipinski definition) is 1. The number of benzene rings is 1. The van der Waals surface area contributed by atoms with Crippen LogP contribution < -0.4 is 10.3 Å². The molecular formula is C17H13N3O4. The number of amides is 2. The van der Waals surface area contributed by atoms with E-state index in [9.17, 15) is 14.4 Å². The van der Waals surface area contributed by atoms with Gasteiger partial charge in [0.05, 0.1) is 12.0 Å². The van der Waals surface area contributed by atoms with Gasteiger partial charge in [0.1, 0.15) is 17.7 Å². The summed E-state index contributed by atoms with van der Waals surface area (Å²) in [7, 11) is 0. The lowest BCUT2D eigenvalue weighted by atomic mass is 9.95. The fraction of sp³-hybridized carbons (Fsp3) is 0.176. The van der Waals surface area contributed by atoms with Crippen LogP contribution in [0.3, 0.4) is 0 Å². The highest BCUT2D eigenvalue weighted by Crippen LogP contribution is 2.31. The summed E-state index contributed by atoms with van der Waals surface area (Å²) in [6, 6.07) is 9.27. The predicted octanol–water partition coefficient (Wildman–Crippen LogP) is 1.29. The number of nitrogens with one attached hydrogen (secondary N) is 1. The van der Waals surface area contributed by atoms with Gasteiger partial charge in [0.25, 0.3) is 5.91 Å². The quantitative estimate of drug-likeness (QED) is 0.679. The molecule has 2 aliphatic rings. The van der Waals surface area contributed by atoms with E-state index in [1.54, 1.807) is 18.2 Å². The Kier molecular flexibility index (Phi) is 3.09. The molecule has 7 nitrogen and oxygen atoms in total. The maximum atomic E-state index is 12.8. The van der Waals surface area contributed by atoms with Gasteiger partial charge in [-0.2, -0.15) is 5.10 Å². The molecule has 7 heteroatoms. The average molecular weight is 323 g/mol. The Morgan fingerprint density at radius 2 is 1.92 bits per heavy atom. The standard InChI is InChI=1S/C17H13N3O4/c1-9-4-6-10(7-5-9)20-16(22)12-13(18-19-14(12)17(20)23)15(21)11-3-2-8-24-11/h2-8,12,14,19H,1H3/t12-,14-/m1/s1. The number of carbonyl (C=O) groups excluding carboxylic acids is 3. The fourth-order valence-electron chi connectivity index (χ4n) is 2.96. The van der Waals surface area contributed by atoms with Crippen molar-refractivity contribution in [2.75, 3.05) is 4.90 Å². The number of hydrogen-bond acceptors (Lipinski definition) is 6. The van der Waals surface area contributed by atoms with Crippen LogP contribution in [0.5, 0.6) is 0 Å². The van der Waals surface area contributed by atoms with Crippen LogP contribution in [-0.2, 0) is 9.59 Å². The second-order valence-corrected chi connectivity index (χ2v) is 5.74. The van der Waals surface area contributed by atoms with Crippen LogP contribution in [0, 0.1) is 12.8 Å². The molecule has 2 atom stereocenters. The third kappa shape index (κ3) is 1.98. The molecule has 2 aliphatic heterocycles. The lowest BCUT2D eigenvalue weighted by Crippen LogP contribution is -2.36. The Balaban J connectivity index is 1.67. The second kappa shape index (κ2) is 5.16. The zero-order valence-electron chi connectivity index (χ0n) is 12.7. The maximum absolute atomic E-state index is 12.8. The molecule has 0 radical (unpaired) electrons. The highest BCUT2D eigenvalue weighted by Gasteiger charge is 2.55. The summed E-state index contributed by atoms with van der Waals surface area (Å²) in [6.07, 6.45) is 1.37. The van der Waals surface area contributed by atoms with Crippen LogP contribution in [-0.4, -0.2) is 29.4 Å². The van der Waals surface area contributed by atoms with E-state index >= 15 is 0 Å². The molecule has 0 unspecified atom stereocenters. The molecule has 0 spiro atoms. The van der Waals surface area contributed by atoms with Crippen LogP contribution in [0.15, 0.2) is 52.2 Å². The van der Waals surface area contributed by atoms with E-state index in [1.165, 1.54) is 12.3 Å². The number of imide groups is 1. The molecule has 24 heavy (non-hydrogen) atoms. The monoisotopic (exact) mass is 323 g/mol. The van der Waals surface area contributed by atoms with Gasteiger partial charge in [-0.1, -0.05) is 17.7 Å². The Morgan fingerprint density at radius 3 is 2.58 bits per heavy atom. The van der Waals surface area contributed by atoms with Gasteiger partial charge in [0.2, 0.25) is 11.7 Å². The molecule has 0 bridgehead atoms. The summed E-state index contributed by atoms with van der Waals surface area (Å²) in [5.41, 5.74) is 4.12. The van der Waals surface area contributed by atoms with Crippen molar-refractivity contribution in [3.8, 4) is 0 Å². The van der Waals surface area contributed by atoms with Gasteiger partial charge in [-0.15, -0.1) is 0 Å². The van der Waals surface area contributed by atoms with Crippen molar-refractivity contribution in [1.82, 2.24) is 5.43 Å². The molecule has 2 amide bonds. The predicted molar refractivity (Wildman–Crippen MR) is 84.6 cm³/mol. The Hall–Kier alpha value is -3.22. The minimum absolute atomic E-state index is 0.00270. The van der Waals surface area contributed by atoms with Gasteiger partial charge >= 0.3 is 0 Å². The number of anilines is 1. The maximum Gasteiger partial charge on any atom is 0.259 e. The van der Waals surface area contributed by atoms with Crippen molar-refractivity contribution in [3.05, 3.63) is 54.0 Å². The minimum Gasteiger partial charge on any atom is -0.461 e. The molecule has 3 heterocycles. The molecule has 1 aromatic heterocycles. The number of aryl methyl sites for hydroxylation is 1. The van der Waals surface area contributed by atoms with E-state index in [0.717, 1.165) is 10.5 Å². The number of hydrazone groups is 1. The third-order valence-electron chi connectivity index (χ3n) is 4.19. The highest BCUT2D eigenvalue weighted by molar-refractivity contribution is 6.52. The van der Waals surface area contributed by atoms with Crippen molar-refractivity contribution in [3.63, 3.8) is 0 Å². The van der Waals surface area contributed by atoms with Crippen LogP contribution in [0.25, 0.3) is 0 Å². The van der Waals surface area contributed by atoms with Crippen LogP contribution in [0.1, 0.15) is 16.1 Å². The number of nitrogens with zero attached hydrogens (tertiary/aromatic N) is 2. The van der Waals surface area contributed by atoms with Gasteiger partial charge in [0.15, 0.2) is 5.76 Å².